The Kier molecular flexibility index (Phi) is 6.46. The highest BCUT2D eigenvalue weighted by molar-refractivity contribution is 7.99. The van der Waals surface area contributed by atoms with E-state index in [1.807, 2.05) is 37.3 Å². The number of fused-ring (bicyclic) bond motifs is 1. The Balaban J connectivity index is 1.42. The van der Waals surface area contributed by atoms with Gasteiger partial charge in [0.25, 0.3) is 0 Å². The zero-order chi connectivity index (χ0) is 22.5. The van der Waals surface area contributed by atoms with Crippen LogP contribution in [-0.4, -0.2) is 37.8 Å². The largest absolute Gasteiger partial charge is 0.349 e. The first-order chi connectivity index (χ1) is 15.5. The van der Waals surface area contributed by atoms with Crippen LogP contribution < -0.4 is 10.6 Å². The zero-order valence-electron chi connectivity index (χ0n) is 17.6. The van der Waals surface area contributed by atoms with Crippen LogP contribution in [0.3, 0.4) is 0 Å². The molecule has 32 heavy (non-hydrogen) atoms. The number of hydrogen-bond acceptors (Lipinski definition) is 6. The van der Waals surface area contributed by atoms with Crippen LogP contribution in [0.5, 0.6) is 0 Å². The number of thioether (sulfide) groups is 1. The van der Waals surface area contributed by atoms with Crippen molar-refractivity contribution < 1.29 is 9.59 Å². The van der Waals surface area contributed by atoms with E-state index in [2.05, 4.69) is 44.4 Å². The van der Waals surface area contributed by atoms with E-state index in [1.165, 1.54) is 23.4 Å². The van der Waals surface area contributed by atoms with Crippen molar-refractivity contribution in [3.05, 3.63) is 72.3 Å². The van der Waals surface area contributed by atoms with Gasteiger partial charge in [0.1, 0.15) is 0 Å². The quantitative estimate of drug-likeness (QED) is 0.419. The molecule has 0 aliphatic heterocycles. The van der Waals surface area contributed by atoms with Gasteiger partial charge in [-0.25, -0.2) is 0 Å². The number of nitrogens with one attached hydrogen (secondary N) is 2. The molecule has 0 aliphatic carbocycles. The summed E-state index contributed by atoms with van der Waals surface area (Å²) >= 11 is 1.24. The Bertz CT molecular complexity index is 1270. The third kappa shape index (κ3) is 4.94. The first-order valence-corrected chi connectivity index (χ1v) is 11.1. The minimum absolute atomic E-state index is 0.114. The van der Waals surface area contributed by atoms with Gasteiger partial charge >= 0.3 is 0 Å². The summed E-state index contributed by atoms with van der Waals surface area (Å²) in [4.78, 5) is 23.9. The van der Waals surface area contributed by atoms with Gasteiger partial charge in [-0.2, -0.15) is 4.68 Å². The molecule has 162 valence electrons. The smallest absolute Gasteiger partial charge is 0.230 e. The van der Waals surface area contributed by atoms with E-state index in [0.717, 1.165) is 16.3 Å². The fraction of sp³-hybridized carbons (Fsp3) is 0.174. The lowest BCUT2D eigenvalue weighted by Crippen LogP contribution is -2.28. The number of carbonyl (C=O) groups excluding carboxylic acids is 2. The van der Waals surface area contributed by atoms with E-state index in [4.69, 9.17) is 0 Å². The van der Waals surface area contributed by atoms with Crippen molar-refractivity contribution in [1.29, 1.82) is 0 Å². The predicted molar refractivity (Wildman–Crippen MR) is 125 cm³/mol. The van der Waals surface area contributed by atoms with Crippen LogP contribution in [0.4, 0.5) is 5.69 Å². The molecule has 1 heterocycles. The van der Waals surface area contributed by atoms with Gasteiger partial charge in [-0.15, -0.1) is 5.10 Å². The summed E-state index contributed by atoms with van der Waals surface area (Å²) < 4.78 is 1.54. The molecule has 2 amide bonds. The Labute approximate surface area is 189 Å². The highest BCUT2D eigenvalue weighted by Crippen LogP contribution is 2.25. The molecule has 1 unspecified atom stereocenters. The maximum atomic E-state index is 12.6. The molecule has 0 aliphatic rings. The number of amides is 2. The fourth-order valence-electron chi connectivity index (χ4n) is 3.47. The van der Waals surface area contributed by atoms with E-state index >= 15 is 0 Å². The summed E-state index contributed by atoms with van der Waals surface area (Å²) in [5.41, 5.74) is 2.40. The molecule has 4 aromatic rings. The number of benzene rings is 3. The molecule has 1 aromatic heterocycles. The molecule has 0 radical (unpaired) electrons. The minimum atomic E-state index is -0.162. The maximum absolute atomic E-state index is 12.6. The molecular weight excluding hydrogens is 424 g/mol. The molecule has 0 saturated carbocycles. The molecule has 9 heteroatoms. The fourth-order valence-corrected chi connectivity index (χ4v) is 4.17. The molecule has 1 atom stereocenters. The van der Waals surface area contributed by atoms with Crippen molar-refractivity contribution in [1.82, 2.24) is 25.5 Å². The summed E-state index contributed by atoms with van der Waals surface area (Å²) in [6, 6.07) is 21.2. The molecule has 4 rings (SSSR count). The lowest BCUT2D eigenvalue weighted by atomic mass is 10.00. The average Bonchev–Trinajstić information content (AvgIpc) is 3.26. The SMILES string of the molecule is CC(=O)Nc1cccc(-n2nnnc2SCC(=O)NC(C)c2cccc3ccccc23)c1. The molecule has 3 aromatic carbocycles. The van der Waals surface area contributed by atoms with Crippen molar-refractivity contribution in [3.63, 3.8) is 0 Å². The van der Waals surface area contributed by atoms with Crippen LogP contribution in [0, 0.1) is 0 Å². The lowest BCUT2D eigenvalue weighted by molar-refractivity contribution is -0.119. The molecule has 0 saturated heterocycles. The Morgan fingerprint density at radius 2 is 1.84 bits per heavy atom. The standard InChI is InChI=1S/C23H22N6O2S/c1-15(20-12-5-8-17-7-3-4-11-21(17)20)24-22(31)14-32-23-26-27-28-29(23)19-10-6-9-18(13-19)25-16(2)30/h3-13,15H,14H2,1-2H3,(H,24,31)(H,25,30). The predicted octanol–water partition coefficient (Wildman–Crippen LogP) is 3.74. The van der Waals surface area contributed by atoms with Crippen LogP contribution in [0.1, 0.15) is 25.5 Å². The number of rotatable bonds is 7. The van der Waals surface area contributed by atoms with Crippen LogP contribution in [0.2, 0.25) is 0 Å². The van der Waals surface area contributed by atoms with E-state index in [-0.39, 0.29) is 23.6 Å². The van der Waals surface area contributed by atoms with Gasteiger partial charge in [0.2, 0.25) is 17.0 Å². The van der Waals surface area contributed by atoms with E-state index < -0.39 is 0 Å². The van der Waals surface area contributed by atoms with Crippen molar-refractivity contribution in [2.45, 2.75) is 25.0 Å². The number of hydrogen-bond donors (Lipinski definition) is 2. The summed E-state index contributed by atoms with van der Waals surface area (Å²) in [5.74, 6) is -0.108. The maximum Gasteiger partial charge on any atom is 0.230 e. The number of carbonyl (C=O) groups is 2. The lowest BCUT2D eigenvalue weighted by Gasteiger charge is -2.16. The van der Waals surface area contributed by atoms with Gasteiger partial charge in [-0.3, -0.25) is 9.59 Å². The van der Waals surface area contributed by atoms with Gasteiger partial charge in [-0.05, 0) is 51.9 Å². The molecule has 0 bridgehead atoms. The highest BCUT2D eigenvalue weighted by atomic mass is 32.2. The Morgan fingerprint density at radius 3 is 2.69 bits per heavy atom. The third-order valence-electron chi connectivity index (χ3n) is 4.85. The normalized spacial score (nSPS) is 11.8. The van der Waals surface area contributed by atoms with Gasteiger partial charge < -0.3 is 10.6 Å². The number of nitrogens with zero attached hydrogens (tertiary/aromatic N) is 4. The summed E-state index contributed by atoms with van der Waals surface area (Å²) in [7, 11) is 0. The summed E-state index contributed by atoms with van der Waals surface area (Å²) in [6.45, 7) is 3.42. The van der Waals surface area contributed by atoms with Gasteiger partial charge in [0.05, 0.1) is 17.5 Å². The van der Waals surface area contributed by atoms with Crippen LogP contribution in [0.15, 0.2) is 71.9 Å². The van der Waals surface area contributed by atoms with E-state index in [1.54, 1.807) is 18.2 Å². The second-order valence-electron chi connectivity index (χ2n) is 7.25. The molecule has 0 spiro atoms. The topological polar surface area (TPSA) is 102 Å². The first kappa shape index (κ1) is 21.5. The van der Waals surface area contributed by atoms with E-state index in [0.29, 0.717) is 16.5 Å². The minimum Gasteiger partial charge on any atom is -0.349 e. The molecular formula is C23H22N6O2S. The number of aromatic nitrogens is 4. The second kappa shape index (κ2) is 9.61. The van der Waals surface area contributed by atoms with Gasteiger partial charge in [0, 0.05) is 12.6 Å². The van der Waals surface area contributed by atoms with Crippen molar-refractivity contribution in [3.8, 4) is 5.69 Å². The Morgan fingerprint density at radius 1 is 1.06 bits per heavy atom. The number of anilines is 1. The summed E-state index contributed by atoms with van der Waals surface area (Å²) in [6.07, 6.45) is 0. The van der Waals surface area contributed by atoms with Crippen LogP contribution >= 0.6 is 11.8 Å². The van der Waals surface area contributed by atoms with Crippen molar-refractivity contribution in [2.24, 2.45) is 0 Å². The second-order valence-corrected chi connectivity index (χ2v) is 8.19. The van der Waals surface area contributed by atoms with Gasteiger partial charge in [-0.1, -0.05) is 60.3 Å². The van der Waals surface area contributed by atoms with Crippen molar-refractivity contribution >= 4 is 40.0 Å². The Hall–Kier alpha value is -3.72. The van der Waals surface area contributed by atoms with Gasteiger partial charge in [0.15, 0.2) is 0 Å². The van der Waals surface area contributed by atoms with Crippen molar-refractivity contribution in [2.75, 3.05) is 11.1 Å². The highest BCUT2D eigenvalue weighted by Gasteiger charge is 2.15. The first-order valence-electron chi connectivity index (χ1n) is 10.1. The summed E-state index contributed by atoms with van der Waals surface area (Å²) in [5, 5.41) is 20.3. The zero-order valence-corrected chi connectivity index (χ0v) is 18.5. The molecule has 0 fully saturated rings. The van der Waals surface area contributed by atoms with Crippen LogP contribution in [0.25, 0.3) is 16.5 Å². The van der Waals surface area contributed by atoms with E-state index in [9.17, 15) is 9.59 Å². The molecule has 8 nitrogen and oxygen atoms in total. The third-order valence-corrected chi connectivity index (χ3v) is 5.77. The molecule has 2 N–H and O–H groups in total. The monoisotopic (exact) mass is 446 g/mol. The number of tetrazole rings is 1. The average molecular weight is 447 g/mol. The van der Waals surface area contributed by atoms with Crippen LogP contribution in [-0.2, 0) is 9.59 Å².